The SMILES string of the molecule is CN(C)CCNC1CCCOc2cc(Br)ccc21. The summed E-state index contributed by atoms with van der Waals surface area (Å²) in [6, 6.07) is 6.74. The molecule has 1 aliphatic heterocycles. The van der Waals surface area contributed by atoms with Gasteiger partial charge in [-0.1, -0.05) is 22.0 Å². The van der Waals surface area contributed by atoms with E-state index in [2.05, 4.69) is 58.4 Å². The fourth-order valence-electron chi connectivity index (χ4n) is 2.22. The Morgan fingerprint density at radius 1 is 1.44 bits per heavy atom. The molecule has 0 saturated heterocycles. The molecule has 0 aliphatic carbocycles. The molecule has 0 aromatic heterocycles. The van der Waals surface area contributed by atoms with Gasteiger partial charge in [0.25, 0.3) is 0 Å². The number of nitrogens with one attached hydrogen (secondary N) is 1. The monoisotopic (exact) mass is 312 g/mol. The van der Waals surface area contributed by atoms with Crippen molar-refractivity contribution in [3.05, 3.63) is 28.2 Å². The highest BCUT2D eigenvalue weighted by atomic mass is 79.9. The molecule has 1 aromatic carbocycles. The second-order valence-electron chi connectivity index (χ2n) is 4.98. The lowest BCUT2D eigenvalue weighted by atomic mass is 10.0. The van der Waals surface area contributed by atoms with E-state index in [4.69, 9.17) is 4.74 Å². The molecule has 0 amide bonds. The second-order valence-corrected chi connectivity index (χ2v) is 5.90. The quantitative estimate of drug-likeness (QED) is 0.925. The van der Waals surface area contributed by atoms with Crippen molar-refractivity contribution in [2.75, 3.05) is 33.8 Å². The Kier molecular flexibility index (Phi) is 5.03. The van der Waals surface area contributed by atoms with Crippen LogP contribution in [0.2, 0.25) is 0 Å². The number of hydrogen-bond acceptors (Lipinski definition) is 3. The van der Waals surface area contributed by atoms with E-state index in [1.54, 1.807) is 0 Å². The first-order valence-corrected chi connectivity index (χ1v) is 7.26. The number of halogens is 1. The summed E-state index contributed by atoms with van der Waals surface area (Å²) in [6.07, 6.45) is 2.24. The van der Waals surface area contributed by atoms with Gasteiger partial charge in [-0.2, -0.15) is 0 Å². The minimum atomic E-state index is 0.413. The van der Waals surface area contributed by atoms with E-state index in [-0.39, 0.29) is 0 Å². The Labute approximate surface area is 118 Å². The maximum absolute atomic E-state index is 5.81. The molecule has 1 heterocycles. The molecule has 0 bridgehead atoms. The average molecular weight is 313 g/mol. The Bertz CT molecular complexity index is 395. The highest BCUT2D eigenvalue weighted by Crippen LogP contribution is 2.33. The van der Waals surface area contributed by atoms with Crippen molar-refractivity contribution in [2.24, 2.45) is 0 Å². The molecule has 1 unspecified atom stereocenters. The van der Waals surface area contributed by atoms with E-state index in [1.807, 2.05) is 0 Å². The van der Waals surface area contributed by atoms with Crippen molar-refractivity contribution in [2.45, 2.75) is 18.9 Å². The summed E-state index contributed by atoms with van der Waals surface area (Å²) < 4.78 is 6.89. The molecule has 1 N–H and O–H groups in total. The Morgan fingerprint density at radius 3 is 3.06 bits per heavy atom. The van der Waals surface area contributed by atoms with Gasteiger partial charge in [-0.3, -0.25) is 0 Å². The summed E-state index contributed by atoms with van der Waals surface area (Å²) in [4.78, 5) is 2.20. The number of rotatable bonds is 4. The number of likely N-dealkylation sites (N-methyl/N-ethyl adjacent to an activating group) is 1. The summed E-state index contributed by atoms with van der Waals surface area (Å²) >= 11 is 3.50. The summed E-state index contributed by atoms with van der Waals surface area (Å²) in [5.41, 5.74) is 1.29. The minimum absolute atomic E-state index is 0.413. The van der Waals surface area contributed by atoms with Crippen LogP contribution in [0, 0.1) is 0 Å². The molecule has 0 fully saturated rings. The van der Waals surface area contributed by atoms with Gasteiger partial charge >= 0.3 is 0 Å². The summed E-state index contributed by atoms with van der Waals surface area (Å²) in [5.74, 6) is 1.02. The Balaban J connectivity index is 2.07. The molecule has 3 nitrogen and oxygen atoms in total. The lowest BCUT2D eigenvalue weighted by molar-refractivity contribution is 0.314. The smallest absolute Gasteiger partial charge is 0.125 e. The molecule has 2 rings (SSSR count). The third-order valence-electron chi connectivity index (χ3n) is 3.20. The molecule has 1 aliphatic rings. The average Bonchev–Trinajstić information content (AvgIpc) is 2.51. The van der Waals surface area contributed by atoms with Crippen LogP contribution in [0.25, 0.3) is 0 Å². The zero-order chi connectivity index (χ0) is 13.0. The largest absolute Gasteiger partial charge is 0.493 e. The van der Waals surface area contributed by atoms with E-state index in [9.17, 15) is 0 Å². The van der Waals surface area contributed by atoms with Crippen molar-refractivity contribution < 1.29 is 4.74 Å². The molecule has 4 heteroatoms. The Morgan fingerprint density at radius 2 is 2.28 bits per heavy atom. The third-order valence-corrected chi connectivity index (χ3v) is 3.69. The lowest BCUT2D eigenvalue weighted by Gasteiger charge is -2.20. The van der Waals surface area contributed by atoms with Gasteiger partial charge < -0.3 is 15.0 Å². The highest BCUT2D eigenvalue weighted by Gasteiger charge is 2.19. The Hall–Kier alpha value is -0.580. The van der Waals surface area contributed by atoms with Gasteiger partial charge in [0.15, 0.2) is 0 Å². The van der Waals surface area contributed by atoms with E-state index >= 15 is 0 Å². The summed E-state index contributed by atoms with van der Waals surface area (Å²) in [5, 5.41) is 3.63. The minimum Gasteiger partial charge on any atom is -0.493 e. The maximum atomic E-state index is 5.81. The number of hydrogen-bond donors (Lipinski definition) is 1. The van der Waals surface area contributed by atoms with Gasteiger partial charge in [-0.15, -0.1) is 0 Å². The van der Waals surface area contributed by atoms with Crippen LogP contribution in [0.5, 0.6) is 5.75 Å². The first-order chi connectivity index (χ1) is 8.66. The van der Waals surface area contributed by atoms with Crippen molar-refractivity contribution in [3.63, 3.8) is 0 Å². The van der Waals surface area contributed by atoms with Crippen LogP contribution < -0.4 is 10.1 Å². The molecule has 0 radical (unpaired) electrons. The second kappa shape index (κ2) is 6.55. The zero-order valence-electron chi connectivity index (χ0n) is 11.1. The van der Waals surface area contributed by atoms with Crippen LogP contribution in [0.4, 0.5) is 0 Å². The van der Waals surface area contributed by atoms with Crippen LogP contribution in [0.3, 0.4) is 0 Å². The summed E-state index contributed by atoms with van der Waals surface area (Å²) in [6.45, 7) is 2.88. The number of ether oxygens (including phenoxy) is 1. The normalized spacial score (nSPS) is 19.2. The van der Waals surface area contributed by atoms with Crippen LogP contribution in [-0.2, 0) is 0 Å². The van der Waals surface area contributed by atoms with E-state index < -0.39 is 0 Å². The van der Waals surface area contributed by atoms with Crippen LogP contribution >= 0.6 is 15.9 Å². The first kappa shape index (κ1) is 13.8. The summed E-state index contributed by atoms with van der Waals surface area (Å²) in [7, 11) is 4.20. The van der Waals surface area contributed by atoms with Crippen LogP contribution in [-0.4, -0.2) is 38.7 Å². The fraction of sp³-hybridized carbons (Fsp3) is 0.571. The molecule has 1 atom stereocenters. The molecular weight excluding hydrogens is 292 g/mol. The number of fused-ring (bicyclic) bond motifs is 1. The van der Waals surface area contributed by atoms with E-state index in [0.717, 1.165) is 42.8 Å². The van der Waals surface area contributed by atoms with Crippen LogP contribution in [0.1, 0.15) is 24.4 Å². The third kappa shape index (κ3) is 3.70. The standard InChI is InChI=1S/C14H21BrN2O/c1-17(2)8-7-16-13-4-3-9-18-14-10-11(15)5-6-12(13)14/h5-6,10,13,16H,3-4,7-9H2,1-2H3. The molecule has 1 aromatic rings. The van der Waals surface area contributed by atoms with Crippen molar-refractivity contribution in [1.29, 1.82) is 0 Å². The predicted molar refractivity (Wildman–Crippen MR) is 78.2 cm³/mol. The molecular formula is C14H21BrN2O. The van der Waals surface area contributed by atoms with Crippen molar-refractivity contribution in [3.8, 4) is 5.75 Å². The van der Waals surface area contributed by atoms with E-state index in [1.165, 1.54) is 5.56 Å². The zero-order valence-corrected chi connectivity index (χ0v) is 12.7. The van der Waals surface area contributed by atoms with Crippen LogP contribution in [0.15, 0.2) is 22.7 Å². The van der Waals surface area contributed by atoms with Gasteiger partial charge in [0.1, 0.15) is 5.75 Å². The van der Waals surface area contributed by atoms with Gasteiger partial charge in [0.2, 0.25) is 0 Å². The van der Waals surface area contributed by atoms with E-state index in [0.29, 0.717) is 6.04 Å². The van der Waals surface area contributed by atoms with Gasteiger partial charge in [0.05, 0.1) is 6.61 Å². The highest BCUT2D eigenvalue weighted by molar-refractivity contribution is 9.10. The van der Waals surface area contributed by atoms with Crippen molar-refractivity contribution >= 4 is 15.9 Å². The topological polar surface area (TPSA) is 24.5 Å². The van der Waals surface area contributed by atoms with Gasteiger partial charge in [-0.05, 0) is 39.1 Å². The molecule has 0 spiro atoms. The maximum Gasteiger partial charge on any atom is 0.125 e. The number of nitrogens with zero attached hydrogens (tertiary/aromatic N) is 1. The lowest BCUT2D eigenvalue weighted by Crippen LogP contribution is -2.29. The van der Waals surface area contributed by atoms with Gasteiger partial charge in [0, 0.05) is 29.2 Å². The fourth-order valence-corrected chi connectivity index (χ4v) is 2.56. The molecule has 0 saturated carbocycles. The predicted octanol–water partition coefficient (Wildman–Crippen LogP) is 2.81. The van der Waals surface area contributed by atoms with Gasteiger partial charge in [-0.25, -0.2) is 0 Å². The van der Waals surface area contributed by atoms with Crippen molar-refractivity contribution in [1.82, 2.24) is 10.2 Å². The number of benzene rings is 1. The molecule has 100 valence electrons. The molecule has 18 heavy (non-hydrogen) atoms. The first-order valence-electron chi connectivity index (χ1n) is 6.47.